The van der Waals surface area contributed by atoms with Gasteiger partial charge in [0.2, 0.25) is 5.91 Å². The number of hydrogen-bond donors (Lipinski definition) is 3. The van der Waals surface area contributed by atoms with Gasteiger partial charge in [-0.25, -0.2) is 4.79 Å². The van der Waals surface area contributed by atoms with Crippen molar-refractivity contribution in [1.29, 1.82) is 0 Å². The van der Waals surface area contributed by atoms with E-state index in [2.05, 4.69) is 5.32 Å². The van der Waals surface area contributed by atoms with Gasteiger partial charge in [-0.1, -0.05) is 11.6 Å². The number of hydrogen-bond acceptors (Lipinski definition) is 4. The second-order valence-electron chi connectivity index (χ2n) is 4.00. The molecule has 114 valence electrons. The normalized spacial score (nSPS) is 9.81. The van der Waals surface area contributed by atoms with Crippen LogP contribution in [0.5, 0.6) is 5.75 Å². The van der Waals surface area contributed by atoms with E-state index in [0.29, 0.717) is 11.4 Å². The fourth-order valence-corrected chi connectivity index (χ4v) is 1.76. The number of methoxy groups -OCH3 is 1. The fraction of sp³-hybridized carbons (Fsp3) is 0.250. The Kier molecular flexibility index (Phi) is 5.79. The van der Waals surface area contributed by atoms with Crippen LogP contribution in [0, 0.1) is 0 Å². The number of carboxylic acid groups (broad SMARTS) is 1. The van der Waals surface area contributed by atoms with E-state index >= 15 is 0 Å². The summed E-state index contributed by atoms with van der Waals surface area (Å²) in [5.74, 6) is -1.66. The molecule has 0 bridgehead atoms. The Morgan fingerprint density at radius 2 is 2.05 bits per heavy atom. The van der Waals surface area contributed by atoms with Gasteiger partial charge in [-0.3, -0.25) is 9.59 Å². The number of carbonyl (C=O) groups excluding carboxylic acids is 2. The van der Waals surface area contributed by atoms with Gasteiger partial charge >= 0.3 is 12.0 Å². The number of anilines is 1. The van der Waals surface area contributed by atoms with Crippen LogP contribution in [0.4, 0.5) is 10.5 Å². The molecular weight excluding hydrogens is 302 g/mol. The van der Waals surface area contributed by atoms with Crippen LogP contribution in [0.1, 0.15) is 0 Å². The third-order valence-corrected chi connectivity index (χ3v) is 2.66. The van der Waals surface area contributed by atoms with Crippen molar-refractivity contribution in [3.63, 3.8) is 0 Å². The smallest absolute Gasteiger partial charge is 0.323 e. The van der Waals surface area contributed by atoms with E-state index in [9.17, 15) is 14.4 Å². The lowest BCUT2D eigenvalue weighted by Gasteiger charge is -2.19. The first kappa shape index (κ1) is 16.6. The van der Waals surface area contributed by atoms with Gasteiger partial charge in [0.15, 0.2) is 0 Å². The summed E-state index contributed by atoms with van der Waals surface area (Å²) < 4.78 is 4.96. The minimum atomic E-state index is -1.26. The Labute approximate surface area is 125 Å². The first-order chi connectivity index (χ1) is 9.83. The van der Waals surface area contributed by atoms with Crippen molar-refractivity contribution in [2.75, 3.05) is 25.5 Å². The molecule has 0 unspecified atom stereocenters. The molecule has 0 fully saturated rings. The molecule has 3 amide bonds. The van der Waals surface area contributed by atoms with Crippen molar-refractivity contribution in [2.45, 2.75) is 0 Å². The predicted molar refractivity (Wildman–Crippen MR) is 75.4 cm³/mol. The summed E-state index contributed by atoms with van der Waals surface area (Å²) in [5, 5.41) is 11.4. The molecular formula is C12H14ClN3O5. The maximum atomic E-state index is 11.9. The number of aliphatic carboxylic acids is 1. The van der Waals surface area contributed by atoms with E-state index in [4.69, 9.17) is 27.2 Å². The topological polar surface area (TPSA) is 122 Å². The van der Waals surface area contributed by atoms with E-state index in [0.717, 1.165) is 4.90 Å². The van der Waals surface area contributed by atoms with Crippen LogP contribution in [0.15, 0.2) is 18.2 Å². The number of primary amides is 1. The number of rotatable bonds is 6. The maximum absolute atomic E-state index is 11.9. The van der Waals surface area contributed by atoms with Gasteiger partial charge in [-0.2, -0.15) is 0 Å². The van der Waals surface area contributed by atoms with Crippen LogP contribution in [0.2, 0.25) is 5.02 Å². The molecule has 1 aromatic carbocycles. The number of carboxylic acids is 1. The van der Waals surface area contributed by atoms with Crippen LogP contribution in [-0.4, -0.2) is 48.1 Å². The summed E-state index contributed by atoms with van der Waals surface area (Å²) in [4.78, 5) is 34.2. The van der Waals surface area contributed by atoms with Gasteiger partial charge in [0.1, 0.15) is 18.8 Å². The van der Waals surface area contributed by atoms with Crippen LogP contribution in [0.25, 0.3) is 0 Å². The van der Waals surface area contributed by atoms with Crippen LogP contribution >= 0.6 is 11.6 Å². The van der Waals surface area contributed by atoms with Crippen molar-refractivity contribution < 1.29 is 24.2 Å². The highest BCUT2D eigenvalue weighted by Gasteiger charge is 2.19. The van der Waals surface area contributed by atoms with Crippen molar-refractivity contribution >= 4 is 35.2 Å². The lowest BCUT2D eigenvalue weighted by atomic mass is 10.3. The van der Waals surface area contributed by atoms with Crippen LogP contribution in [0.3, 0.4) is 0 Å². The van der Waals surface area contributed by atoms with Crippen molar-refractivity contribution in [3.05, 3.63) is 23.2 Å². The van der Waals surface area contributed by atoms with Gasteiger partial charge in [0.05, 0.1) is 12.1 Å². The molecule has 0 saturated heterocycles. The molecule has 9 heteroatoms. The molecule has 0 aromatic heterocycles. The SMILES string of the molecule is COc1ccc(NC(=O)N(CC(N)=O)CC(=O)O)cc1Cl. The van der Waals surface area contributed by atoms with Gasteiger partial charge in [-0.05, 0) is 18.2 Å². The number of ether oxygens (including phenoxy) is 1. The van der Waals surface area contributed by atoms with Gasteiger partial charge in [0.25, 0.3) is 0 Å². The van der Waals surface area contributed by atoms with Crippen LogP contribution in [-0.2, 0) is 9.59 Å². The summed E-state index contributed by atoms with van der Waals surface area (Å²) in [6, 6.07) is 3.71. The molecule has 0 heterocycles. The van der Waals surface area contributed by atoms with E-state index in [1.807, 2.05) is 0 Å². The Bertz CT molecular complexity index is 548. The molecule has 1 aromatic rings. The van der Waals surface area contributed by atoms with Crippen molar-refractivity contribution in [1.82, 2.24) is 4.90 Å². The number of nitrogens with one attached hydrogen (secondary N) is 1. The zero-order chi connectivity index (χ0) is 16.0. The summed E-state index contributed by atoms with van der Waals surface area (Å²) in [5.41, 5.74) is 5.30. The largest absolute Gasteiger partial charge is 0.495 e. The number of carbonyl (C=O) groups is 3. The number of urea groups is 1. The highest BCUT2D eigenvalue weighted by Crippen LogP contribution is 2.27. The third-order valence-electron chi connectivity index (χ3n) is 2.36. The molecule has 21 heavy (non-hydrogen) atoms. The highest BCUT2D eigenvalue weighted by atomic mass is 35.5. The average molecular weight is 316 g/mol. The first-order valence-electron chi connectivity index (χ1n) is 5.73. The molecule has 4 N–H and O–H groups in total. The average Bonchev–Trinajstić information content (AvgIpc) is 2.37. The summed E-state index contributed by atoms with van der Waals surface area (Å²) in [6.07, 6.45) is 0. The van der Waals surface area contributed by atoms with Crippen molar-refractivity contribution in [3.8, 4) is 5.75 Å². The Balaban J connectivity index is 2.82. The molecule has 8 nitrogen and oxygen atoms in total. The molecule has 0 aliphatic carbocycles. The molecule has 0 atom stereocenters. The summed E-state index contributed by atoms with van der Waals surface area (Å²) in [7, 11) is 1.45. The van der Waals surface area contributed by atoms with Crippen LogP contribution < -0.4 is 15.8 Å². The minimum absolute atomic E-state index is 0.273. The number of nitrogens with two attached hydrogens (primary N) is 1. The van der Waals surface area contributed by atoms with Gasteiger partial charge < -0.3 is 25.8 Å². The Hall–Kier alpha value is -2.48. The first-order valence-corrected chi connectivity index (χ1v) is 6.11. The zero-order valence-corrected chi connectivity index (χ0v) is 11.9. The van der Waals surface area contributed by atoms with E-state index in [1.165, 1.54) is 25.3 Å². The van der Waals surface area contributed by atoms with Gasteiger partial charge in [-0.15, -0.1) is 0 Å². The number of nitrogens with zero attached hydrogens (tertiary/aromatic N) is 1. The van der Waals surface area contributed by atoms with Gasteiger partial charge in [0, 0.05) is 5.69 Å². The molecule has 0 aliphatic heterocycles. The van der Waals surface area contributed by atoms with E-state index in [-0.39, 0.29) is 5.02 Å². The maximum Gasteiger partial charge on any atom is 0.323 e. The molecule has 0 saturated carbocycles. The second-order valence-corrected chi connectivity index (χ2v) is 4.40. The number of amides is 3. The molecule has 0 aliphatic rings. The predicted octanol–water partition coefficient (Wildman–Crippen LogP) is 0.752. The van der Waals surface area contributed by atoms with Crippen molar-refractivity contribution in [2.24, 2.45) is 5.73 Å². The number of benzene rings is 1. The summed E-state index contributed by atoms with van der Waals surface area (Å²) in [6.45, 7) is -1.17. The standard InChI is InChI=1S/C12H14ClN3O5/c1-21-9-3-2-7(4-8(9)13)15-12(20)16(5-10(14)17)6-11(18)19/h2-4H,5-6H2,1H3,(H2,14,17)(H,15,20)(H,18,19). The minimum Gasteiger partial charge on any atom is -0.495 e. The summed E-state index contributed by atoms with van der Waals surface area (Å²) >= 11 is 5.90. The zero-order valence-electron chi connectivity index (χ0n) is 11.1. The molecule has 0 radical (unpaired) electrons. The number of halogens is 1. The Morgan fingerprint density at radius 1 is 1.38 bits per heavy atom. The fourth-order valence-electron chi connectivity index (χ4n) is 1.50. The quantitative estimate of drug-likeness (QED) is 0.715. The van der Waals surface area contributed by atoms with E-state index in [1.54, 1.807) is 0 Å². The second kappa shape index (κ2) is 7.34. The lowest BCUT2D eigenvalue weighted by molar-refractivity contribution is -0.137. The lowest BCUT2D eigenvalue weighted by Crippen LogP contribution is -2.43. The monoisotopic (exact) mass is 315 g/mol. The molecule has 0 spiro atoms. The third kappa shape index (κ3) is 5.19. The molecule has 1 rings (SSSR count). The highest BCUT2D eigenvalue weighted by molar-refractivity contribution is 6.32. The Morgan fingerprint density at radius 3 is 2.52 bits per heavy atom. The van der Waals surface area contributed by atoms with E-state index < -0.39 is 31.0 Å².